The van der Waals surface area contributed by atoms with E-state index in [9.17, 15) is 4.79 Å². The van der Waals surface area contributed by atoms with Gasteiger partial charge in [-0.2, -0.15) is 5.10 Å². The van der Waals surface area contributed by atoms with Gasteiger partial charge in [0.25, 0.3) is 5.56 Å². The number of aromatic nitrogens is 2. The molecule has 0 saturated heterocycles. The summed E-state index contributed by atoms with van der Waals surface area (Å²) in [6.45, 7) is 3.46. The van der Waals surface area contributed by atoms with E-state index in [1.54, 1.807) is 0 Å². The summed E-state index contributed by atoms with van der Waals surface area (Å²) in [5, 5.41) is 3.85. The van der Waals surface area contributed by atoms with Crippen LogP contribution < -0.4 is 11.3 Å². The standard InChI is InChI=1S/C8H13N3O2/c1-2-13-6-5-11-8(12)4-3-7(9)10-11/h3-4H,2,5-6H2,1H3,(H2,9,10). The molecule has 0 spiro atoms. The minimum atomic E-state index is -0.158. The molecule has 0 aliphatic carbocycles. The van der Waals surface area contributed by atoms with Gasteiger partial charge in [0, 0.05) is 12.7 Å². The molecule has 1 rings (SSSR count). The zero-order valence-corrected chi connectivity index (χ0v) is 7.56. The normalized spacial score (nSPS) is 10.2. The highest BCUT2D eigenvalue weighted by molar-refractivity contribution is 5.23. The van der Waals surface area contributed by atoms with Gasteiger partial charge < -0.3 is 10.5 Å². The number of nitrogens with zero attached hydrogens (tertiary/aromatic N) is 2. The van der Waals surface area contributed by atoms with E-state index in [0.717, 1.165) is 0 Å². The molecule has 0 saturated carbocycles. The summed E-state index contributed by atoms with van der Waals surface area (Å²) < 4.78 is 6.39. The van der Waals surface area contributed by atoms with Crippen LogP contribution in [0.3, 0.4) is 0 Å². The maximum atomic E-state index is 11.2. The molecule has 13 heavy (non-hydrogen) atoms. The Hall–Kier alpha value is -1.36. The van der Waals surface area contributed by atoms with E-state index < -0.39 is 0 Å². The zero-order valence-electron chi connectivity index (χ0n) is 7.56. The second kappa shape index (κ2) is 4.61. The molecule has 5 nitrogen and oxygen atoms in total. The van der Waals surface area contributed by atoms with Crippen molar-refractivity contribution in [3.63, 3.8) is 0 Å². The predicted molar refractivity (Wildman–Crippen MR) is 49.4 cm³/mol. The smallest absolute Gasteiger partial charge is 0.266 e. The van der Waals surface area contributed by atoms with Crippen molar-refractivity contribution in [2.45, 2.75) is 13.5 Å². The Bertz CT molecular complexity index is 321. The lowest BCUT2D eigenvalue weighted by Gasteiger charge is -2.04. The summed E-state index contributed by atoms with van der Waals surface area (Å²) in [6, 6.07) is 2.88. The average molecular weight is 183 g/mol. The van der Waals surface area contributed by atoms with Crippen LogP contribution in [0.1, 0.15) is 6.92 Å². The minimum absolute atomic E-state index is 0.158. The van der Waals surface area contributed by atoms with Crippen LogP contribution in [0.4, 0.5) is 5.82 Å². The van der Waals surface area contributed by atoms with E-state index >= 15 is 0 Å². The van der Waals surface area contributed by atoms with Crippen LogP contribution in [0.2, 0.25) is 0 Å². The molecule has 0 aromatic carbocycles. The van der Waals surface area contributed by atoms with E-state index in [0.29, 0.717) is 25.6 Å². The minimum Gasteiger partial charge on any atom is -0.382 e. The highest BCUT2D eigenvalue weighted by Gasteiger charge is 1.96. The van der Waals surface area contributed by atoms with E-state index in [1.165, 1.54) is 16.8 Å². The Kier molecular flexibility index (Phi) is 3.45. The summed E-state index contributed by atoms with van der Waals surface area (Å²) in [5.41, 5.74) is 5.26. The van der Waals surface area contributed by atoms with E-state index in [2.05, 4.69) is 5.10 Å². The first kappa shape index (κ1) is 9.73. The van der Waals surface area contributed by atoms with Gasteiger partial charge in [-0.1, -0.05) is 0 Å². The summed E-state index contributed by atoms with van der Waals surface area (Å²) in [4.78, 5) is 11.2. The predicted octanol–water partition coefficient (Wildman–Crippen LogP) is -0.138. The van der Waals surface area contributed by atoms with Gasteiger partial charge in [-0.25, -0.2) is 4.68 Å². The molecular formula is C8H13N3O2. The van der Waals surface area contributed by atoms with Gasteiger partial charge in [0.15, 0.2) is 0 Å². The van der Waals surface area contributed by atoms with E-state index in [1.807, 2.05) is 6.92 Å². The van der Waals surface area contributed by atoms with Crippen molar-refractivity contribution < 1.29 is 4.74 Å². The maximum absolute atomic E-state index is 11.2. The van der Waals surface area contributed by atoms with Gasteiger partial charge >= 0.3 is 0 Å². The van der Waals surface area contributed by atoms with Gasteiger partial charge in [-0.05, 0) is 13.0 Å². The highest BCUT2D eigenvalue weighted by Crippen LogP contribution is 1.88. The number of hydrogen-bond acceptors (Lipinski definition) is 4. The number of hydrogen-bond donors (Lipinski definition) is 1. The average Bonchev–Trinajstić information content (AvgIpc) is 2.11. The fourth-order valence-corrected chi connectivity index (χ4v) is 0.920. The molecule has 1 aromatic heterocycles. The molecule has 0 aliphatic heterocycles. The molecule has 0 amide bonds. The Morgan fingerprint density at radius 1 is 1.62 bits per heavy atom. The van der Waals surface area contributed by atoms with E-state index in [-0.39, 0.29) is 5.56 Å². The molecule has 1 aromatic rings. The second-order valence-electron chi connectivity index (χ2n) is 2.52. The molecule has 0 atom stereocenters. The molecule has 1 heterocycles. The van der Waals surface area contributed by atoms with Crippen LogP contribution in [0, 0.1) is 0 Å². The van der Waals surface area contributed by atoms with Gasteiger partial charge in [-0.3, -0.25) is 4.79 Å². The molecule has 0 unspecified atom stereocenters. The fourth-order valence-electron chi connectivity index (χ4n) is 0.920. The fraction of sp³-hybridized carbons (Fsp3) is 0.500. The van der Waals surface area contributed by atoms with Crippen LogP contribution >= 0.6 is 0 Å². The Balaban J connectivity index is 2.65. The third-order valence-electron chi connectivity index (χ3n) is 1.54. The van der Waals surface area contributed by atoms with E-state index in [4.69, 9.17) is 10.5 Å². The van der Waals surface area contributed by atoms with Gasteiger partial charge in [0.05, 0.1) is 13.2 Å². The molecular weight excluding hydrogens is 170 g/mol. The van der Waals surface area contributed by atoms with Crippen molar-refractivity contribution >= 4 is 5.82 Å². The van der Waals surface area contributed by atoms with Crippen LogP contribution in [0.15, 0.2) is 16.9 Å². The Morgan fingerprint density at radius 3 is 3.08 bits per heavy atom. The monoisotopic (exact) mass is 183 g/mol. The first-order valence-corrected chi connectivity index (χ1v) is 4.15. The number of ether oxygens (including phenoxy) is 1. The van der Waals surface area contributed by atoms with Gasteiger partial charge in [0.2, 0.25) is 0 Å². The summed E-state index contributed by atoms with van der Waals surface area (Å²) in [5.74, 6) is 0.344. The molecule has 0 bridgehead atoms. The number of nitrogen functional groups attached to an aromatic ring is 1. The largest absolute Gasteiger partial charge is 0.382 e. The molecule has 0 radical (unpaired) electrons. The van der Waals surface area contributed by atoms with Crippen molar-refractivity contribution in [2.24, 2.45) is 0 Å². The van der Waals surface area contributed by atoms with Gasteiger partial charge in [-0.15, -0.1) is 0 Å². The molecule has 2 N–H and O–H groups in total. The third kappa shape index (κ3) is 2.87. The molecule has 0 fully saturated rings. The number of rotatable bonds is 4. The first-order valence-electron chi connectivity index (χ1n) is 4.15. The number of nitrogens with two attached hydrogens (primary N) is 1. The second-order valence-corrected chi connectivity index (χ2v) is 2.52. The zero-order chi connectivity index (χ0) is 9.68. The SMILES string of the molecule is CCOCCn1nc(N)ccc1=O. The first-order chi connectivity index (χ1) is 6.24. The lowest BCUT2D eigenvalue weighted by Crippen LogP contribution is -2.24. The summed E-state index contributed by atoms with van der Waals surface area (Å²) >= 11 is 0. The lowest BCUT2D eigenvalue weighted by molar-refractivity contribution is 0.135. The summed E-state index contributed by atoms with van der Waals surface area (Å²) in [7, 11) is 0. The summed E-state index contributed by atoms with van der Waals surface area (Å²) in [6.07, 6.45) is 0. The molecule has 72 valence electrons. The van der Waals surface area contributed by atoms with Gasteiger partial charge in [0.1, 0.15) is 5.82 Å². The van der Waals surface area contributed by atoms with Crippen molar-refractivity contribution in [1.29, 1.82) is 0 Å². The third-order valence-corrected chi connectivity index (χ3v) is 1.54. The van der Waals surface area contributed by atoms with Crippen LogP contribution in [0.5, 0.6) is 0 Å². The molecule has 5 heteroatoms. The maximum Gasteiger partial charge on any atom is 0.266 e. The van der Waals surface area contributed by atoms with Crippen LogP contribution in [0.25, 0.3) is 0 Å². The number of anilines is 1. The van der Waals surface area contributed by atoms with Crippen molar-refractivity contribution in [2.75, 3.05) is 18.9 Å². The van der Waals surface area contributed by atoms with Crippen LogP contribution in [-0.4, -0.2) is 23.0 Å². The van der Waals surface area contributed by atoms with Crippen molar-refractivity contribution in [3.8, 4) is 0 Å². The Morgan fingerprint density at radius 2 is 2.38 bits per heavy atom. The Labute approximate surface area is 76.1 Å². The topological polar surface area (TPSA) is 70.1 Å². The van der Waals surface area contributed by atoms with Crippen molar-refractivity contribution in [3.05, 3.63) is 22.5 Å². The lowest BCUT2D eigenvalue weighted by atomic mass is 10.5. The van der Waals surface area contributed by atoms with Crippen LogP contribution in [-0.2, 0) is 11.3 Å². The molecule has 0 aliphatic rings. The van der Waals surface area contributed by atoms with Crippen molar-refractivity contribution in [1.82, 2.24) is 9.78 Å². The quantitative estimate of drug-likeness (QED) is 0.660. The highest BCUT2D eigenvalue weighted by atomic mass is 16.5.